The third kappa shape index (κ3) is 4.07. The number of carbonyl (C=O) groups excluding carboxylic acids is 2. The fourth-order valence-corrected chi connectivity index (χ4v) is 4.32. The highest BCUT2D eigenvalue weighted by Crippen LogP contribution is 2.32. The third-order valence-corrected chi connectivity index (χ3v) is 5.82. The molecule has 0 atom stereocenters. The number of ketones is 1. The van der Waals surface area contributed by atoms with Gasteiger partial charge in [0, 0.05) is 36.3 Å². The van der Waals surface area contributed by atoms with Crippen molar-refractivity contribution in [2.24, 2.45) is 0 Å². The Kier molecular flexibility index (Phi) is 6.40. The predicted molar refractivity (Wildman–Crippen MR) is 115 cm³/mol. The van der Waals surface area contributed by atoms with Gasteiger partial charge in [-0.3, -0.25) is 9.59 Å². The molecule has 5 heteroatoms. The monoisotopic (exact) mass is 398 g/mol. The molecule has 4 nitrogen and oxygen atoms in total. The Bertz CT molecular complexity index is 894. The number of fused-ring (bicyclic) bond motifs is 2. The number of hydrogen-bond donors (Lipinski definition) is 1. The molecule has 28 heavy (non-hydrogen) atoms. The average Bonchev–Trinajstić information content (AvgIpc) is 2.71. The van der Waals surface area contributed by atoms with Gasteiger partial charge in [-0.05, 0) is 73.4 Å². The lowest BCUT2D eigenvalue weighted by Crippen LogP contribution is -2.35. The Hall–Kier alpha value is -2.33. The molecule has 1 aliphatic carbocycles. The van der Waals surface area contributed by atoms with Gasteiger partial charge in [-0.1, -0.05) is 18.2 Å². The number of benzene rings is 2. The highest BCUT2D eigenvalue weighted by atomic mass is 35.5. The summed E-state index contributed by atoms with van der Waals surface area (Å²) in [4.78, 5) is 27.2. The van der Waals surface area contributed by atoms with Gasteiger partial charge in [-0.25, -0.2) is 0 Å². The predicted octanol–water partition coefficient (Wildman–Crippen LogP) is 4.51. The molecule has 2 N–H and O–H groups in total. The number of nitrogen functional groups attached to an aromatic ring is 1. The van der Waals surface area contributed by atoms with Crippen molar-refractivity contribution in [3.8, 4) is 0 Å². The van der Waals surface area contributed by atoms with Crippen molar-refractivity contribution in [1.82, 2.24) is 0 Å². The summed E-state index contributed by atoms with van der Waals surface area (Å²) in [5.74, 6) is 0.0643. The van der Waals surface area contributed by atoms with E-state index in [-0.39, 0.29) is 36.9 Å². The summed E-state index contributed by atoms with van der Waals surface area (Å²) in [6.07, 6.45) is 6.90. The second-order valence-corrected chi connectivity index (χ2v) is 7.61. The molecular weight excluding hydrogens is 372 g/mol. The minimum Gasteiger partial charge on any atom is -0.398 e. The summed E-state index contributed by atoms with van der Waals surface area (Å²) in [6.45, 7) is 0.697. The topological polar surface area (TPSA) is 63.4 Å². The molecule has 2 aliphatic rings. The average molecular weight is 399 g/mol. The molecule has 0 saturated heterocycles. The molecule has 0 bridgehead atoms. The second-order valence-electron chi connectivity index (χ2n) is 7.61. The SMILES string of the molecule is Cl.Nc1cccc2c1CCCN2C(=O)CCC(=O)c1ccc2c(c1)CCCC2. The van der Waals surface area contributed by atoms with E-state index in [0.29, 0.717) is 6.54 Å². The third-order valence-electron chi connectivity index (χ3n) is 5.82. The summed E-state index contributed by atoms with van der Waals surface area (Å²) in [5, 5.41) is 0. The number of halogens is 1. The normalized spacial score (nSPS) is 15.2. The van der Waals surface area contributed by atoms with E-state index in [9.17, 15) is 9.59 Å². The number of anilines is 2. The zero-order valence-corrected chi connectivity index (χ0v) is 16.9. The Morgan fingerprint density at radius 2 is 1.71 bits per heavy atom. The summed E-state index contributed by atoms with van der Waals surface area (Å²) in [5.41, 5.74) is 12.2. The lowest BCUT2D eigenvalue weighted by Gasteiger charge is -2.30. The van der Waals surface area contributed by atoms with E-state index in [4.69, 9.17) is 5.73 Å². The fourth-order valence-electron chi connectivity index (χ4n) is 4.32. The minimum atomic E-state index is 0. The molecule has 2 aromatic carbocycles. The Morgan fingerprint density at radius 1 is 0.929 bits per heavy atom. The van der Waals surface area contributed by atoms with E-state index in [1.54, 1.807) is 4.90 Å². The number of nitrogens with zero attached hydrogens (tertiary/aromatic N) is 1. The van der Waals surface area contributed by atoms with Gasteiger partial charge in [0.15, 0.2) is 5.78 Å². The van der Waals surface area contributed by atoms with Crippen LogP contribution >= 0.6 is 12.4 Å². The maximum absolute atomic E-state index is 12.8. The number of rotatable bonds is 4. The summed E-state index contributed by atoms with van der Waals surface area (Å²) in [6, 6.07) is 11.8. The first-order valence-corrected chi connectivity index (χ1v) is 9.96. The summed E-state index contributed by atoms with van der Waals surface area (Å²) < 4.78 is 0. The van der Waals surface area contributed by atoms with E-state index in [2.05, 4.69) is 6.07 Å². The molecule has 0 radical (unpaired) electrons. The molecular formula is C23H27ClN2O2. The van der Waals surface area contributed by atoms with E-state index in [1.165, 1.54) is 24.0 Å². The number of hydrogen-bond acceptors (Lipinski definition) is 3. The van der Waals surface area contributed by atoms with Crippen molar-refractivity contribution < 1.29 is 9.59 Å². The van der Waals surface area contributed by atoms with Crippen molar-refractivity contribution in [2.75, 3.05) is 17.2 Å². The molecule has 0 fully saturated rings. The highest BCUT2D eigenvalue weighted by molar-refractivity contribution is 6.01. The lowest BCUT2D eigenvalue weighted by atomic mass is 9.89. The maximum Gasteiger partial charge on any atom is 0.227 e. The number of Topliss-reactive ketones (excluding diaryl/α,β-unsaturated/α-hetero) is 1. The lowest BCUT2D eigenvalue weighted by molar-refractivity contribution is -0.118. The molecule has 0 spiro atoms. The minimum absolute atomic E-state index is 0. The van der Waals surface area contributed by atoms with Gasteiger partial charge in [0.25, 0.3) is 0 Å². The zero-order chi connectivity index (χ0) is 18.8. The van der Waals surface area contributed by atoms with Gasteiger partial charge in [0.2, 0.25) is 5.91 Å². The summed E-state index contributed by atoms with van der Waals surface area (Å²) >= 11 is 0. The summed E-state index contributed by atoms with van der Waals surface area (Å²) in [7, 11) is 0. The van der Waals surface area contributed by atoms with E-state index >= 15 is 0 Å². The van der Waals surface area contributed by atoms with Crippen molar-refractivity contribution in [3.05, 3.63) is 58.7 Å². The zero-order valence-electron chi connectivity index (χ0n) is 16.1. The van der Waals surface area contributed by atoms with Crippen LogP contribution < -0.4 is 10.6 Å². The van der Waals surface area contributed by atoms with Crippen LogP contribution in [-0.2, 0) is 24.1 Å². The molecule has 1 amide bonds. The Labute approximate surface area is 172 Å². The van der Waals surface area contributed by atoms with Gasteiger partial charge >= 0.3 is 0 Å². The number of amides is 1. The fraction of sp³-hybridized carbons (Fsp3) is 0.391. The van der Waals surface area contributed by atoms with Gasteiger partial charge in [0.1, 0.15) is 0 Å². The van der Waals surface area contributed by atoms with Crippen LogP contribution in [-0.4, -0.2) is 18.2 Å². The Balaban J connectivity index is 0.00000225. The molecule has 2 aromatic rings. The number of nitrogens with two attached hydrogens (primary N) is 1. The van der Waals surface area contributed by atoms with E-state index < -0.39 is 0 Å². The molecule has 0 unspecified atom stereocenters. The van der Waals surface area contributed by atoms with E-state index in [0.717, 1.165) is 48.2 Å². The van der Waals surface area contributed by atoms with Crippen LogP contribution in [0.25, 0.3) is 0 Å². The molecule has 1 aliphatic heterocycles. The first-order chi connectivity index (χ1) is 13.1. The van der Waals surface area contributed by atoms with Crippen molar-refractivity contribution in [1.29, 1.82) is 0 Å². The van der Waals surface area contributed by atoms with Crippen LogP contribution in [0.5, 0.6) is 0 Å². The van der Waals surface area contributed by atoms with Crippen LogP contribution in [0.4, 0.5) is 11.4 Å². The first kappa shape index (κ1) is 20.4. The number of carbonyl (C=O) groups is 2. The maximum atomic E-state index is 12.8. The standard InChI is InChI=1S/C23H26N2O2.ClH/c24-20-8-3-9-21-19(20)7-4-14-25(21)23(27)13-12-22(26)18-11-10-16-5-1-2-6-17(16)15-18;/h3,8-11,15H,1-2,4-7,12-14,24H2;1H. The van der Waals surface area contributed by atoms with Crippen molar-refractivity contribution in [3.63, 3.8) is 0 Å². The highest BCUT2D eigenvalue weighted by Gasteiger charge is 2.24. The molecule has 0 saturated carbocycles. The quantitative estimate of drug-likeness (QED) is 0.608. The van der Waals surface area contributed by atoms with Crippen molar-refractivity contribution >= 4 is 35.5 Å². The largest absolute Gasteiger partial charge is 0.398 e. The van der Waals surface area contributed by atoms with Crippen molar-refractivity contribution in [2.45, 2.75) is 51.4 Å². The van der Waals surface area contributed by atoms with Crippen LogP contribution in [0.1, 0.15) is 59.2 Å². The molecule has 0 aromatic heterocycles. The molecule has 1 heterocycles. The first-order valence-electron chi connectivity index (χ1n) is 9.96. The smallest absolute Gasteiger partial charge is 0.227 e. The van der Waals surface area contributed by atoms with Crippen LogP contribution in [0.15, 0.2) is 36.4 Å². The van der Waals surface area contributed by atoms with E-state index in [1.807, 2.05) is 30.3 Å². The van der Waals surface area contributed by atoms with Crippen LogP contribution in [0.3, 0.4) is 0 Å². The van der Waals surface area contributed by atoms with Gasteiger partial charge in [0.05, 0.1) is 0 Å². The van der Waals surface area contributed by atoms with Gasteiger partial charge in [-0.15, -0.1) is 12.4 Å². The second kappa shape index (κ2) is 8.78. The van der Waals surface area contributed by atoms with Gasteiger partial charge < -0.3 is 10.6 Å². The molecule has 4 rings (SSSR count). The number of aryl methyl sites for hydroxylation is 2. The van der Waals surface area contributed by atoms with Crippen LogP contribution in [0, 0.1) is 0 Å². The van der Waals surface area contributed by atoms with Crippen LogP contribution in [0.2, 0.25) is 0 Å². The van der Waals surface area contributed by atoms with Gasteiger partial charge in [-0.2, -0.15) is 0 Å². The molecule has 148 valence electrons. The Morgan fingerprint density at radius 3 is 2.54 bits per heavy atom.